The van der Waals surface area contributed by atoms with Crippen molar-refractivity contribution in [2.75, 3.05) is 17.4 Å². The van der Waals surface area contributed by atoms with Crippen LogP contribution in [0.4, 0.5) is 5.69 Å². The van der Waals surface area contributed by atoms with Crippen molar-refractivity contribution < 1.29 is 18.0 Å². The highest BCUT2D eigenvalue weighted by molar-refractivity contribution is 7.92. The summed E-state index contributed by atoms with van der Waals surface area (Å²) in [5, 5.41) is 3.49. The minimum absolute atomic E-state index is 0.0323. The van der Waals surface area contributed by atoms with Crippen molar-refractivity contribution >= 4 is 50.7 Å². The molecule has 2 amide bonds. The molecule has 0 aromatic heterocycles. The molecule has 0 unspecified atom stereocenters. The second kappa shape index (κ2) is 13.7. The van der Waals surface area contributed by atoms with Crippen LogP contribution in [-0.2, 0) is 26.0 Å². The minimum Gasteiger partial charge on any atom is -0.352 e. The second-order valence-corrected chi connectivity index (χ2v) is 13.1. The van der Waals surface area contributed by atoms with Crippen molar-refractivity contribution in [3.05, 3.63) is 94.0 Å². The number of sulfonamides is 1. The molecule has 4 rings (SSSR count). The molecule has 0 saturated heterocycles. The average molecular weight is 617 g/mol. The lowest BCUT2D eigenvalue weighted by molar-refractivity contribution is -0.139. The molecular formula is C31H35Cl2N3O4S. The van der Waals surface area contributed by atoms with E-state index in [4.69, 9.17) is 23.2 Å². The fourth-order valence-electron chi connectivity index (χ4n) is 4.97. The molecule has 218 valence electrons. The van der Waals surface area contributed by atoms with E-state index in [0.717, 1.165) is 41.1 Å². The Morgan fingerprint density at radius 2 is 1.61 bits per heavy atom. The van der Waals surface area contributed by atoms with Crippen LogP contribution in [0.1, 0.15) is 43.7 Å². The Bertz CT molecular complexity index is 1460. The van der Waals surface area contributed by atoms with E-state index in [1.807, 2.05) is 37.3 Å². The van der Waals surface area contributed by atoms with Gasteiger partial charge in [-0.25, -0.2) is 8.42 Å². The van der Waals surface area contributed by atoms with Gasteiger partial charge in [-0.3, -0.25) is 13.9 Å². The number of carbonyl (C=O) groups excluding carboxylic acids is 2. The molecule has 1 saturated carbocycles. The number of benzene rings is 3. The van der Waals surface area contributed by atoms with Crippen LogP contribution < -0.4 is 9.62 Å². The van der Waals surface area contributed by atoms with Crippen molar-refractivity contribution in [3.63, 3.8) is 0 Å². The fourth-order valence-corrected chi connectivity index (χ4v) is 6.67. The number of anilines is 1. The van der Waals surface area contributed by atoms with E-state index in [-0.39, 0.29) is 39.1 Å². The maximum atomic E-state index is 14.0. The fraction of sp³-hybridized carbons (Fsp3) is 0.355. The van der Waals surface area contributed by atoms with Crippen LogP contribution in [0.5, 0.6) is 0 Å². The zero-order valence-corrected chi connectivity index (χ0v) is 25.6. The van der Waals surface area contributed by atoms with Gasteiger partial charge in [0.1, 0.15) is 12.6 Å². The first-order valence-electron chi connectivity index (χ1n) is 13.7. The quantitative estimate of drug-likeness (QED) is 0.286. The summed E-state index contributed by atoms with van der Waals surface area (Å²) in [5.74, 6) is -0.752. The van der Waals surface area contributed by atoms with Gasteiger partial charge in [0.05, 0.1) is 20.6 Å². The monoisotopic (exact) mass is 615 g/mol. The molecule has 3 aromatic rings. The zero-order chi connectivity index (χ0) is 29.6. The Kier molecular flexibility index (Phi) is 10.3. The molecule has 7 nitrogen and oxygen atoms in total. The van der Waals surface area contributed by atoms with Crippen molar-refractivity contribution in [1.29, 1.82) is 0 Å². The zero-order valence-electron chi connectivity index (χ0n) is 23.2. The lowest BCUT2D eigenvalue weighted by Crippen LogP contribution is -2.53. The summed E-state index contributed by atoms with van der Waals surface area (Å²) < 4.78 is 28.9. The van der Waals surface area contributed by atoms with Gasteiger partial charge in [0.2, 0.25) is 11.8 Å². The first-order valence-corrected chi connectivity index (χ1v) is 15.9. The molecule has 3 aromatic carbocycles. The van der Waals surface area contributed by atoms with Crippen LogP contribution in [-0.4, -0.2) is 50.3 Å². The molecule has 1 fully saturated rings. The van der Waals surface area contributed by atoms with Gasteiger partial charge in [0.25, 0.3) is 10.0 Å². The highest BCUT2D eigenvalue weighted by Crippen LogP contribution is 2.31. The number of carbonyl (C=O) groups is 2. The number of amides is 2. The average Bonchev–Trinajstić information content (AvgIpc) is 3.47. The normalized spacial score (nSPS) is 14.4. The van der Waals surface area contributed by atoms with Crippen LogP contribution in [0.25, 0.3) is 0 Å². The van der Waals surface area contributed by atoms with Gasteiger partial charge >= 0.3 is 0 Å². The van der Waals surface area contributed by atoms with Gasteiger partial charge in [-0.1, -0.05) is 84.1 Å². The molecule has 1 aliphatic rings. The van der Waals surface area contributed by atoms with E-state index in [2.05, 4.69) is 5.32 Å². The molecule has 1 aliphatic carbocycles. The topological polar surface area (TPSA) is 86.8 Å². The maximum absolute atomic E-state index is 14.0. The molecule has 1 atom stereocenters. The summed E-state index contributed by atoms with van der Waals surface area (Å²) in [6.45, 7) is 3.26. The number of halogens is 2. The molecule has 0 heterocycles. The summed E-state index contributed by atoms with van der Waals surface area (Å²) in [7, 11) is -4.18. The standard InChI is InChI=1S/C31H35Cl2N3O4S/c1-22-12-15-27(16-13-22)41(39,40)36(26-14-17-28(32)29(33)20-26)21-30(37)35(19-18-24-8-4-3-5-9-24)23(2)31(38)34-25-10-6-7-11-25/h3-5,8-9,12-17,20,23,25H,6-7,10-11,18-19,21H2,1-2H3,(H,34,38)/t23-/m0/s1. The largest absolute Gasteiger partial charge is 0.352 e. The Morgan fingerprint density at radius 1 is 0.951 bits per heavy atom. The van der Waals surface area contributed by atoms with E-state index in [9.17, 15) is 18.0 Å². The molecule has 10 heteroatoms. The Balaban J connectivity index is 1.66. The van der Waals surface area contributed by atoms with Gasteiger partial charge in [-0.2, -0.15) is 0 Å². The van der Waals surface area contributed by atoms with Crippen molar-refractivity contribution in [3.8, 4) is 0 Å². The Morgan fingerprint density at radius 3 is 2.24 bits per heavy atom. The second-order valence-electron chi connectivity index (χ2n) is 10.4. The lowest BCUT2D eigenvalue weighted by atomic mass is 10.1. The number of nitrogens with one attached hydrogen (secondary N) is 1. The van der Waals surface area contributed by atoms with E-state index in [0.29, 0.717) is 6.42 Å². The van der Waals surface area contributed by atoms with E-state index in [1.165, 1.54) is 35.2 Å². The number of hydrogen-bond acceptors (Lipinski definition) is 4. The summed E-state index contributed by atoms with van der Waals surface area (Å²) in [6, 6.07) is 19.8. The van der Waals surface area contributed by atoms with Crippen LogP contribution in [0, 0.1) is 6.92 Å². The van der Waals surface area contributed by atoms with Gasteiger partial charge in [-0.05, 0) is 69.0 Å². The summed E-state index contributed by atoms with van der Waals surface area (Å²) in [6.07, 6.45) is 4.45. The molecule has 1 N–H and O–H groups in total. The van der Waals surface area contributed by atoms with Crippen molar-refractivity contribution in [2.45, 2.75) is 62.9 Å². The number of nitrogens with zero attached hydrogens (tertiary/aromatic N) is 2. The van der Waals surface area contributed by atoms with Crippen molar-refractivity contribution in [2.24, 2.45) is 0 Å². The van der Waals surface area contributed by atoms with E-state index in [1.54, 1.807) is 19.1 Å². The molecule has 0 spiro atoms. The van der Waals surface area contributed by atoms with Gasteiger partial charge in [0, 0.05) is 12.6 Å². The van der Waals surface area contributed by atoms with Crippen LogP contribution in [0.2, 0.25) is 10.0 Å². The summed E-state index contributed by atoms with van der Waals surface area (Å²) >= 11 is 12.4. The van der Waals surface area contributed by atoms with Gasteiger partial charge < -0.3 is 10.2 Å². The predicted molar refractivity (Wildman–Crippen MR) is 164 cm³/mol. The highest BCUT2D eigenvalue weighted by Gasteiger charge is 2.33. The Labute approximate surface area is 252 Å². The molecule has 0 bridgehead atoms. The first-order chi connectivity index (χ1) is 19.6. The van der Waals surface area contributed by atoms with Crippen LogP contribution in [0.3, 0.4) is 0 Å². The number of aryl methyl sites for hydroxylation is 1. The number of hydrogen-bond donors (Lipinski definition) is 1. The van der Waals surface area contributed by atoms with Crippen LogP contribution in [0.15, 0.2) is 77.7 Å². The molecule has 0 aliphatic heterocycles. The van der Waals surface area contributed by atoms with Gasteiger partial charge in [-0.15, -0.1) is 0 Å². The summed E-state index contributed by atoms with van der Waals surface area (Å²) in [4.78, 5) is 28.8. The third kappa shape index (κ3) is 7.82. The Hall–Kier alpha value is -3.07. The maximum Gasteiger partial charge on any atom is 0.264 e. The minimum atomic E-state index is -4.18. The predicted octanol–water partition coefficient (Wildman–Crippen LogP) is 6.02. The third-order valence-corrected chi connectivity index (χ3v) is 9.96. The van der Waals surface area contributed by atoms with E-state index >= 15 is 0 Å². The molecule has 0 radical (unpaired) electrons. The third-order valence-electron chi connectivity index (χ3n) is 7.43. The van der Waals surface area contributed by atoms with Gasteiger partial charge in [0.15, 0.2) is 0 Å². The lowest BCUT2D eigenvalue weighted by Gasteiger charge is -2.32. The van der Waals surface area contributed by atoms with Crippen molar-refractivity contribution in [1.82, 2.24) is 10.2 Å². The SMILES string of the molecule is Cc1ccc(S(=O)(=O)N(CC(=O)N(CCc2ccccc2)[C@@H](C)C(=O)NC2CCCC2)c2ccc(Cl)c(Cl)c2)cc1. The van der Waals surface area contributed by atoms with E-state index < -0.39 is 28.5 Å². The first kappa shape index (κ1) is 30.9. The molecular weight excluding hydrogens is 581 g/mol. The summed E-state index contributed by atoms with van der Waals surface area (Å²) in [5.41, 5.74) is 2.09. The number of rotatable bonds is 11. The van der Waals surface area contributed by atoms with Crippen LogP contribution >= 0.6 is 23.2 Å². The highest BCUT2D eigenvalue weighted by atomic mass is 35.5. The smallest absolute Gasteiger partial charge is 0.264 e. The molecule has 41 heavy (non-hydrogen) atoms.